The quantitative estimate of drug-likeness (QED) is 0.686. The zero-order valence-electron chi connectivity index (χ0n) is 10.9. The molecule has 1 atom stereocenters. The minimum Gasteiger partial charge on any atom is -0.383 e. The molecule has 0 aliphatic heterocycles. The van der Waals surface area contributed by atoms with Crippen LogP contribution in [0.5, 0.6) is 0 Å². The highest BCUT2D eigenvalue weighted by Gasteiger charge is 2.14. The monoisotopic (exact) mass is 248 g/mol. The van der Waals surface area contributed by atoms with Crippen LogP contribution in [0.4, 0.5) is 0 Å². The van der Waals surface area contributed by atoms with E-state index in [1.54, 1.807) is 14.2 Å². The highest BCUT2D eigenvalue weighted by molar-refractivity contribution is 7.80. The average molecular weight is 248 g/mol. The summed E-state index contributed by atoms with van der Waals surface area (Å²) in [5.74, 6) is 0. The van der Waals surface area contributed by atoms with Crippen LogP contribution in [0, 0.1) is 0 Å². The molecule has 0 saturated carbocycles. The third-order valence-corrected chi connectivity index (χ3v) is 2.56. The predicted octanol–water partition coefficient (Wildman–Crippen LogP) is 1.25. The normalized spacial score (nSPS) is 12.6. The van der Waals surface area contributed by atoms with E-state index in [-0.39, 0.29) is 6.04 Å². The van der Waals surface area contributed by atoms with E-state index in [2.05, 4.69) is 24.1 Å². The summed E-state index contributed by atoms with van der Waals surface area (Å²) in [6.45, 7) is 8.41. The van der Waals surface area contributed by atoms with Crippen LogP contribution < -0.4 is 5.32 Å². The molecule has 1 unspecified atom stereocenters. The Morgan fingerprint density at radius 1 is 1.25 bits per heavy atom. The number of nitrogens with one attached hydrogen (secondary N) is 1. The second-order valence-electron chi connectivity index (χ2n) is 4.09. The van der Waals surface area contributed by atoms with Gasteiger partial charge in [-0.1, -0.05) is 0 Å². The van der Waals surface area contributed by atoms with Gasteiger partial charge in [-0.3, -0.25) is 0 Å². The van der Waals surface area contributed by atoms with Gasteiger partial charge < -0.3 is 19.7 Å². The highest BCUT2D eigenvalue weighted by atomic mass is 32.1. The van der Waals surface area contributed by atoms with Gasteiger partial charge in [0.25, 0.3) is 0 Å². The maximum Gasteiger partial charge on any atom is 0.169 e. The van der Waals surface area contributed by atoms with E-state index in [1.807, 2.05) is 6.92 Å². The first-order chi connectivity index (χ1) is 7.52. The van der Waals surface area contributed by atoms with Gasteiger partial charge in [0.05, 0.1) is 13.2 Å². The van der Waals surface area contributed by atoms with Crippen molar-refractivity contribution in [1.82, 2.24) is 10.2 Å². The molecule has 0 aliphatic rings. The summed E-state index contributed by atoms with van der Waals surface area (Å²) >= 11 is 5.36. The molecule has 0 amide bonds. The number of nitrogens with zero attached hydrogens (tertiary/aromatic N) is 1. The fourth-order valence-electron chi connectivity index (χ4n) is 1.37. The van der Waals surface area contributed by atoms with Gasteiger partial charge in [-0.15, -0.1) is 0 Å². The number of thiocarbonyl (C=S) groups is 1. The summed E-state index contributed by atoms with van der Waals surface area (Å²) < 4.78 is 10.1. The molecule has 96 valence electrons. The van der Waals surface area contributed by atoms with Crippen molar-refractivity contribution in [3.8, 4) is 0 Å². The molecular formula is C11H24N2O2S. The first-order valence-electron chi connectivity index (χ1n) is 5.57. The fourth-order valence-corrected chi connectivity index (χ4v) is 1.87. The number of hydrogen-bond donors (Lipinski definition) is 1. The Morgan fingerprint density at radius 2 is 1.88 bits per heavy atom. The van der Waals surface area contributed by atoms with E-state index in [1.165, 1.54) is 0 Å². The third kappa shape index (κ3) is 6.25. The second kappa shape index (κ2) is 8.73. The number of ether oxygens (including phenoxy) is 2. The van der Waals surface area contributed by atoms with Gasteiger partial charge >= 0.3 is 0 Å². The molecule has 5 heteroatoms. The van der Waals surface area contributed by atoms with Gasteiger partial charge in [0.1, 0.15) is 0 Å². The average Bonchev–Trinajstić information content (AvgIpc) is 2.17. The smallest absolute Gasteiger partial charge is 0.169 e. The lowest BCUT2D eigenvalue weighted by molar-refractivity contribution is 0.161. The summed E-state index contributed by atoms with van der Waals surface area (Å²) in [6, 6.07) is 0.589. The summed E-state index contributed by atoms with van der Waals surface area (Å²) in [7, 11) is 3.38. The first kappa shape index (κ1) is 15.6. The van der Waals surface area contributed by atoms with Crippen molar-refractivity contribution >= 4 is 17.3 Å². The van der Waals surface area contributed by atoms with Gasteiger partial charge in [0, 0.05) is 32.8 Å². The Kier molecular flexibility index (Phi) is 8.51. The van der Waals surface area contributed by atoms with Crippen LogP contribution in [0.25, 0.3) is 0 Å². The Bertz CT molecular complexity index is 200. The molecule has 16 heavy (non-hydrogen) atoms. The fraction of sp³-hybridized carbons (Fsp3) is 0.909. The van der Waals surface area contributed by atoms with Crippen molar-refractivity contribution in [2.75, 3.05) is 34.0 Å². The van der Waals surface area contributed by atoms with Crippen LogP contribution in [0.3, 0.4) is 0 Å². The Hall–Kier alpha value is -0.390. The molecule has 0 rings (SSSR count). The molecule has 0 saturated heterocycles. The van der Waals surface area contributed by atoms with Crippen molar-refractivity contribution in [3.63, 3.8) is 0 Å². The van der Waals surface area contributed by atoms with Gasteiger partial charge in [0.2, 0.25) is 0 Å². The molecule has 0 fully saturated rings. The number of hydrogen-bond acceptors (Lipinski definition) is 3. The molecular weight excluding hydrogens is 224 g/mol. The molecule has 0 spiro atoms. The molecule has 4 nitrogen and oxygen atoms in total. The van der Waals surface area contributed by atoms with E-state index >= 15 is 0 Å². The standard InChI is InChI=1S/C11H24N2O2S/c1-9(2)13(6-7-14-4)11(16)12-10(3)8-15-5/h9-10H,6-8H2,1-5H3,(H,12,16). The lowest BCUT2D eigenvalue weighted by Gasteiger charge is -2.31. The van der Waals surface area contributed by atoms with Crippen molar-refractivity contribution in [2.24, 2.45) is 0 Å². The van der Waals surface area contributed by atoms with Crippen LogP contribution >= 0.6 is 12.2 Å². The van der Waals surface area contributed by atoms with Gasteiger partial charge in [0.15, 0.2) is 5.11 Å². The zero-order valence-corrected chi connectivity index (χ0v) is 11.8. The van der Waals surface area contributed by atoms with Crippen LogP contribution in [0.15, 0.2) is 0 Å². The maximum atomic E-state index is 5.36. The molecule has 0 aromatic carbocycles. The molecule has 1 N–H and O–H groups in total. The SMILES string of the molecule is COCCN(C(=S)NC(C)COC)C(C)C. The van der Waals surface area contributed by atoms with Crippen LogP contribution in [0.2, 0.25) is 0 Å². The Balaban J connectivity index is 4.16. The molecule has 0 aromatic rings. The third-order valence-electron chi connectivity index (χ3n) is 2.21. The van der Waals surface area contributed by atoms with Crippen molar-refractivity contribution in [3.05, 3.63) is 0 Å². The molecule has 0 heterocycles. The molecule has 0 aliphatic carbocycles. The van der Waals surface area contributed by atoms with Crippen molar-refractivity contribution < 1.29 is 9.47 Å². The second-order valence-corrected chi connectivity index (χ2v) is 4.47. The van der Waals surface area contributed by atoms with E-state index in [9.17, 15) is 0 Å². The summed E-state index contributed by atoms with van der Waals surface area (Å²) in [4.78, 5) is 2.12. The Morgan fingerprint density at radius 3 is 2.31 bits per heavy atom. The van der Waals surface area contributed by atoms with Crippen molar-refractivity contribution in [2.45, 2.75) is 32.9 Å². The maximum absolute atomic E-state index is 5.36. The Labute approximate surface area is 104 Å². The molecule has 0 aromatic heterocycles. The summed E-state index contributed by atoms with van der Waals surface area (Å²) in [5.41, 5.74) is 0. The highest BCUT2D eigenvalue weighted by Crippen LogP contribution is 2.00. The minimum absolute atomic E-state index is 0.223. The summed E-state index contributed by atoms with van der Waals surface area (Å²) in [6.07, 6.45) is 0. The topological polar surface area (TPSA) is 33.7 Å². The lowest BCUT2D eigenvalue weighted by atomic mass is 10.3. The largest absolute Gasteiger partial charge is 0.383 e. The summed E-state index contributed by atoms with van der Waals surface area (Å²) in [5, 5.41) is 4.01. The van der Waals surface area contributed by atoms with E-state index < -0.39 is 0 Å². The predicted molar refractivity (Wildman–Crippen MR) is 70.8 cm³/mol. The molecule has 0 radical (unpaired) electrons. The van der Waals surface area contributed by atoms with Crippen LogP contribution in [-0.2, 0) is 9.47 Å². The number of rotatable bonds is 7. The molecule has 0 bridgehead atoms. The van der Waals surface area contributed by atoms with Gasteiger partial charge in [-0.2, -0.15) is 0 Å². The minimum atomic E-state index is 0.223. The van der Waals surface area contributed by atoms with Crippen LogP contribution in [0.1, 0.15) is 20.8 Å². The number of methoxy groups -OCH3 is 2. The lowest BCUT2D eigenvalue weighted by Crippen LogP contribution is -2.48. The van der Waals surface area contributed by atoms with Gasteiger partial charge in [-0.25, -0.2) is 0 Å². The van der Waals surface area contributed by atoms with Gasteiger partial charge in [-0.05, 0) is 33.0 Å². The zero-order chi connectivity index (χ0) is 12.6. The van der Waals surface area contributed by atoms with E-state index in [4.69, 9.17) is 21.7 Å². The van der Waals surface area contributed by atoms with Crippen molar-refractivity contribution in [1.29, 1.82) is 0 Å². The van der Waals surface area contributed by atoms with Crippen LogP contribution in [-0.4, -0.2) is 56.1 Å². The first-order valence-corrected chi connectivity index (χ1v) is 5.98. The van der Waals surface area contributed by atoms with E-state index in [0.717, 1.165) is 11.7 Å². The van der Waals surface area contributed by atoms with E-state index in [0.29, 0.717) is 19.3 Å².